The van der Waals surface area contributed by atoms with Gasteiger partial charge in [-0.25, -0.2) is 14.8 Å². The number of hydrogen-bond acceptors (Lipinski definition) is 5. The third-order valence-corrected chi connectivity index (χ3v) is 8.57. The van der Waals surface area contributed by atoms with Crippen LogP contribution in [0.15, 0.2) is 33.9 Å². The molecule has 6 rings (SSSR count). The van der Waals surface area contributed by atoms with E-state index in [4.69, 9.17) is 9.97 Å². The Balaban J connectivity index is 1.18. The van der Waals surface area contributed by atoms with Gasteiger partial charge < -0.3 is 15.3 Å². The number of para-hydroxylation sites is 2. The van der Waals surface area contributed by atoms with Gasteiger partial charge in [-0.2, -0.15) is 0 Å². The van der Waals surface area contributed by atoms with Crippen molar-refractivity contribution in [2.75, 3.05) is 6.54 Å². The van der Waals surface area contributed by atoms with Gasteiger partial charge in [0.25, 0.3) is 5.56 Å². The first-order chi connectivity index (χ1) is 18.1. The summed E-state index contributed by atoms with van der Waals surface area (Å²) < 4.78 is 3.06. The first kappa shape index (κ1) is 24.2. The zero-order valence-electron chi connectivity index (χ0n) is 21.8. The normalized spacial score (nSPS) is 23.4. The number of aromatic nitrogens is 6. The third-order valence-electron chi connectivity index (χ3n) is 8.57. The van der Waals surface area contributed by atoms with E-state index in [2.05, 4.69) is 21.4 Å². The van der Waals surface area contributed by atoms with Crippen LogP contribution in [0.4, 0.5) is 0 Å². The molecule has 196 valence electrons. The smallest absolute Gasteiger partial charge is 0.332 e. The highest BCUT2D eigenvalue weighted by Crippen LogP contribution is 2.51. The Bertz CT molecular complexity index is 1480. The van der Waals surface area contributed by atoms with Gasteiger partial charge in [-0.3, -0.25) is 13.9 Å². The van der Waals surface area contributed by atoms with Gasteiger partial charge in [0.1, 0.15) is 17.2 Å². The number of aryl methyl sites for hydroxylation is 1. The second kappa shape index (κ2) is 9.93. The quantitative estimate of drug-likeness (QED) is 0.321. The van der Waals surface area contributed by atoms with E-state index in [1.165, 1.54) is 17.4 Å². The number of rotatable bonds is 9. The highest BCUT2D eigenvalue weighted by Gasteiger charge is 2.43. The van der Waals surface area contributed by atoms with Gasteiger partial charge in [-0.1, -0.05) is 26.0 Å². The van der Waals surface area contributed by atoms with Crippen LogP contribution >= 0.6 is 0 Å². The van der Waals surface area contributed by atoms with Gasteiger partial charge >= 0.3 is 5.69 Å². The Kier molecular flexibility index (Phi) is 6.48. The maximum Gasteiger partial charge on any atom is 0.332 e. The van der Waals surface area contributed by atoms with Crippen LogP contribution in [0.5, 0.6) is 0 Å². The second-order valence-corrected chi connectivity index (χ2v) is 11.0. The summed E-state index contributed by atoms with van der Waals surface area (Å²) in [5, 5.41) is 3.66. The number of H-pyrrole nitrogens is 2. The highest BCUT2D eigenvalue weighted by atomic mass is 16.2. The van der Waals surface area contributed by atoms with Crippen molar-refractivity contribution in [3.63, 3.8) is 0 Å². The van der Waals surface area contributed by atoms with Crippen molar-refractivity contribution >= 4 is 22.2 Å². The maximum atomic E-state index is 13.1. The van der Waals surface area contributed by atoms with Gasteiger partial charge in [-0.05, 0) is 75.0 Å². The minimum atomic E-state index is -0.237. The van der Waals surface area contributed by atoms with Crippen molar-refractivity contribution in [2.45, 2.75) is 77.9 Å². The molecule has 0 spiro atoms. The van der Waals surface area contributed by atoms with Gasteiger partial charge in [0, 0.05) is 19.0 Å². The van der Waals surface area contributed by atoms with Crippen molar-refractivity contribution < 1.29 is 0 Å². The number of imidazole rings is 2. The largest absolute Gasteiger partial charge is 0.341 e. The summed E-state index contributed by atoms with van der Waals surface area (Å²) in [6.07, 6.45) is 6.22. The van der Waals surface area contributed by atoms with Crippen LogP contribution in [0.25, 0.3) is 22.2 Å². The van der Waals surface area contributed by atoms with Crippen LogP contribution in [0.2, 0.25) is 0 Å². The molecular formula is C28H37N7O2. The molecule has 2 atom stereocenters. The topological polar surface area (TPSA) is 113 Å². The van der Waals surface area contributed by atoms with Crippen molar-refractivity contribution in [3.8, 4) is 0 Å². The predicted molar refractivity (Wildman–Crippen MR) is 145 cm³/mol. The number of nitrogens with one attached hydrogen (secondary N) is 3. The molecule has 0 radical (unpaired) electrons. The van der Waals surface area contributed by atoms with Crippen LogP contribution in [0, 0.1) is 17.8 Å². The lowest BCUT2D eigenvalue weighted by atomic mass is 9.73. The molecule has 2 fully saturated rings. The van der Waals surface area contributed by atoms with E-state index in [1.54, 1.807) is 4.57 Å². The maximum absolute atomic E-state index is 13.1. The van der Waals surface area contributed by atoms with E-state index >= 15 is 0 Å². The van der Waals surface area contributed by atoms with Gasteiger partial charge in [0.05, 0.1) is 17.6 Å². The van der Waals surface area contributed by atoms with E-state index in [0.717, 1.165) is 61.5 Å². The minimum Gasteiger partial charge on any atom is -0.341 e. The first-order valence-corrected chi connectivity index (χ1v) is 13.9. The van der Waals surface area contributed by atoms with Crippen molar-refractivity contribution in [1.29, 1.82) is 0 Å². The zero-order valence-corrected chi connectivity index (χ0v) is 21.8. The van der Waals surface area contributed by atoms with E-state index in [1.807, 2.05) is 32.0 Å². The number of fused-ring (bicyclic) bond motifs is 4. The molecule has 2 aliphatic carbocycles. The van der Waals surface area contributed by atoms with Crippen molar-refractivity contribution in [2.24, 2.45) is 17.8 Å². The second-order valence-electron chi connectivity index (χ2n) is 11.0. The Labute approximate surface area is 215 Å². The fourth-order valence-electron chi connectivity index (χ4n) is 6.88. The lowest BCUT2D eigenvalue weighted by Gasteiger charge is -2.34. The molecule has 9 heteroatoms. The minimum absolute atomic E-state index is 0.237. The standard InChI is InChI=1S/C28H37N7O2/c1-3-11-34-26-24(27(36)35(12-4-2)28(34)37)32-25(33-26)19-13-17-9-10-18(14-19)20(17)15-29-16-23-30-21-7-5-6-8-22(21)31-23/h5-8,17-20,29H,3-4,9-16H2,1-2H3,(H,30,31)(H,32,33). The van der Waals surface area contributed by atoms with E-state index < -0.39 is 0 Å². The number of hydrogen-bond donors (Lipinski definition) is 3. The molecule has 3 N–H and O–H groups in total. The monoisotopic (exact) mass is 503 g/mol. The molecule has 9 nitrogen and oxygen atoms in total. The Morgan fingerprint density at radius 2 is 1.70 bits per heavy atom. The Morgan fingerprint density at radius 1 is 0.973 bits per heavy atom. The third kappa shape index (κ3) is 4.33. The molecule has 1 aromatic carbocycles. The zero-order chi connectivity index (χ0) is 25.5. The van der Waals surface area contributed by atoms with Crippen LogP contribution < -0.4 is 16.6 Å². The molecule has 37 heavy (non-hydrogen) atoms. The summed E-state index contributed by atoms with van der Waals surface area (Å²) in [7, 11) is 0. The molecule has 0 aliphatic heterocycles. The molecule has 2 saturated carbocycles. The fraction of sp³-hybridized carbons (Fsp3) is 0.571. The molecule has 4 aromatic rings. The Morgan fingerprint density at radius 3 is 2.43 bits per heavy atom. The van der Waals surface area contributed by atoms with Crippen LogP contribution in [0.1, 0.15) is 69.9 Å². The average Bonchev–Trinajstić information content (AvgIpc) is 3.58. The number of benzene rings is 1. The highest BCUT2D eigenvalue weighted by molar-refractivity contribution is 5.74. The predicted octanol–water partition coefficient (Wildman–Crippen LogP) is 3.89. The van der Waals surface area contributed by atoms with Gasteiger partial charge in [0.2, 0.25) is 0 Å². The summed E-state index contributed by atoms with van der Waals surface area (Å²) in [5.41, 5.74) is 2.63. The SMILES string of the molecule is CCCn1c(=O)c2[nH]c(C3CC4CCC(C3)C4CNCc3nc4ccccc4[nH]3)nc2n(CCC)c1=O. The Hall–Kier alpha value is -3.20. The van der Waals surface area contributed by atoms with Crippen LogP contribution in [-0.4, -0.2) is 35.6 Å². The van der Waals surface area contributed by atoms with Crippen molar-refractivity contribution in [1.82, 2.24) is 34.4 Å². The molecule has 0 amide bonds. The number of aromatic amines is 2. The molecule has 3 heterocycles. The lowest BCUT2D eigenvalue weighted by Crippen LogP contribution is -2.40. The van der Waals surface area contributed by atoms with E-state index in [-0.39, 0.29) is 11.2 Å². The van der Waals surface area contributed by atoms with Crippen LogP contribution in [0.3, 0.4) is 0 Å². The summed E-state index contributed by atoms with van der Waals surface area (Å²) in [5.74, 6) is 4.13. The molecule has 3 aromatic heterocycles. The van der Waals surface area contributed by atoms with Gasteiger partial charge in [-0.15, -0.1) is 0 Å². The molecular weight excluding hydrogens is 466 g/mol. The van der Waals surface area contributed by atoms with Crippen molar-refractivity contribution in [3.05, 3.63) is 56.8 Å². The lowest BCUT2D eigenvalue weighted by molar-refractivity contribution is 0.196. The summed E-state index contributed by atoms with van der Waals surface area (Å²) >= 11 is 0. The first-order valence-electron chi connectivity index (χ1n) is 13.9. The van der Waals surface area contributed by atoms with E-state index in [0.29, 0.717) is 47.9 Å². The van der Waals surface area contributed by atoms with E-state index in [9.17, 15) is 9.59 Å². The summed E-state index contributed by atoms with van der Waals surface area (Å²) in [6.45, 7) is 6.77. The molecule has 2 unspecified atom stereocenters. The average molecular weight is 504 g/mol. The fourth-order valence-corrected chi connectivity index (χ4v) is 6.88. The van der Waals surface area contributed by atoms with Gasteiger partial charge in [0.15, 0.2) is 5.65 Å². The summed E-state index contributed by atoms with van der Waals surface area (Å²) in [6, 6.07) is 8.14. The number of nitrogens with zero attached hydrogens (tertiary/aromatic N) is 4. The molecule has 2 aliphatic rings. The molecule has 0 saturated heterocycles. The molecule has 2 bridgehead atoms. The summed E-state index contributed by atoms with van der Waals surface area (Å²) in [4.78, 5) is 42.6. The van der Waals surface area contributed by atoms with Crippen LogP contribution in [-0.2, 0) is 19.6 Å².